The van der Waals surface area contributed by atoms with E-state index in [-0.39, 0.29) is 31.5 Å². The first-order valence-electron chi connectivity index (χ1n) is 7.96. The van der Waals surface area contributed by atoms with Crippen LogP contribution < -0.4 is 5.69 Å². The minimum absolute atomic E-state index is 0.0553. The zero-order valence-electron chi connectivity index (χ0n) is 13.8. The van der Waals surface area contributed by atoms with Gasteiger partial charge in [0.1, 0.15) is 5.82 Å². The van der Waals surface area contributed by atoms with E-state index in [1.807, 2.05) is 0 Å². The lowest BCUT2D eigenvalue weighted by Gasteiger charge is -2.31. The van der Waals surface area contributed by atoms with E-state index in [4.69, 9.17) is 0 Å². The number of hydrogen-bond acceptors (Lipinski definition) is 3. The number of amides is 1. The van der Waals surface area contributed by atoms with Crippen LogP contribution in [0.3, 0.4) is 0 Å². The van der Waals surface area contributed by atoms with Crippen molar-refractivity contribution in [1.82, 2.24) is 19.2 Å². The maximum atomic E-state index is 13.7. The molecule has 1 amide bonds. The van der Waals surface area contributed by atoms with E-state index in [0.29, 0.717) is 4.57 Å². The van der Waals surface area contributed by atoms with Crippen LogP contribution in [0.2, 0.25) is 0 Å². The van der Waals surface area contributed by atoms with Gasteiger partial charge >= 0.3 is 11.9 Å². The second-order valence-electron chi connectivity index (χ2n) is 6.11. The molecule has 0 unspecified atom stereocenters. The number of carbonyl (C=O) groups excluding carboxylic acids is 1. The number of carbonyl (C=O) groups is 1. The van der Waals surface area contributed by atoms with Gasteiger partial charge in [-0.15, -0.1) is 5.10 Å². The molecule has 1 saturated heterocycles. The first-order valence-corrected chi connectivity index (χ1v) is 7.96. The molecule has 0 N–H and O–H groups in total. The van der Waals surface area contributed by atoms with Crippen LogP contribution in [0.15, 0.2) is 29.1 Å². The van der Waals surface area contributed by atoms with Gasteiger partial charge in [-0.25, -0.2) is 13.9 Å². The molecular weight excluding hydrogens is 356 g/mol. The van der Waals surface area contributed by atoms with Crippen molar-refractivity contribution in [2.24, 2.45) is 7.05 Å². The summed E-state index contributed by atoms with van der Waals surface area (Å²) in [5.74, 6) is -2.37. The maximum Gasteiger partial charge on any atom is 0.451 e. The SMILES string of the molecule is Cn1c(C(F)(F)F)nn(C2CCN(C(=O)c3ccccc3F)CC2)c1=O. The largest absolute Gasteiger partial charge is 0.451 e. The number of benzene rings is 1. The summed E-state index contributed by atoms with van der Waals surface area (Å²) in [6.45, 7) is 0.393. The normalized spacial score (nSPS) is 16.1. The van der Waals surface area contributed by atoms with Gasteiger partial charge in [-0.05, 0) is 25.0 Å². The predicted octanol–water partition coefficient (Wildman–Crippen LogP) is 2.22. The Morgan fingerprint density at radius 3 is 2.35 bits per heavy atom. The monoisotopic (exact) mass is 372 g/mol. The van der Waals surface area contributed by atoms with Crippen molar-refractivity contribution in [1.29, 1.82) is 0 Å². The zero-order chi connectivity index (χ0) is 19.1. The molecule has 2 heterocycles. The molecule has 3 rings (SSSR count). The van der Waals surface area contributed by atoms with Crippen LogP contribution >= 0.6 is 0 Å². The molecule has 1 fully saturated rings. The van der Waals surface area contributed by atoms with E-state index in [0.717, 1.165) is 11.7 Å². The molecule has 140 valence electrons. The summed E-state index contributed by atoms with van der Waals surface area (Å²) in [5, 5.41) is 3.43. The molecule has 1 aliphatic rings. The quantitative estimate of drug-likeness (QED) is 0.760. The van der Waals surface area contributed by atoms with Crippen LogP contribution in [0, 0.1) is 5.82 Å². The highest BCUT2D eigenvalue weighted by Gasteiger charge is 2.39. The molecule has 0 saturated carbocycles. The van der Waals surface area contributed by atoms with Crippen LogP contribution in [0.4, 0.5) is 17.6 Å². The molecule has 0 atom stereocenters. The molecule has 2 aromatic rings. The van der Waals surface area contributed by atoms with Gasteiger partial charge in [-0.2, -0.15) is 13.2 Å². The Bertz CT molecular complexity index is 879. The van der Waals surface area contributed by atoms with Gasteiger partial charge < -0.3 is 4.90 Å². The Balaban J connectivity index is 1.75. The molecule has 1 aromatic carbocycles. The smallest absolute Gasteiger partial charge is 0.338 e. The fraction of sp³-hybridized carbons (Fsp3) is 0.438. The van der Waals surface area contributed by atoms with E-state index < -0.39 is 35.5 Å². The molecule has 1 aliphatic heterocycles. The molecule has 1 aromatic heterocycles. The Kier molecular flexibility index (Phi) is 4.59. The third kappa shape index (κ3) is 3.23. The van der Waals surface area contributed by atoms with E-state index in [2.05, 4.69) is 5.10 Å². The lowest BCUT2D eigenvalue weighted by Crippen LogP contribution is -2.41. The van der Waals surface area contributed by atoms with Crippen LogP contribution in [0.25, 0.3) is 0 Å². The van der Waals surface area contributed by atoms with Gasteiger partial charge in [0, 0.05) is 20.1 Å². The van der Waals surface area contributed by atoms with Gasteiger partial charge in [0.25, 0.3) is 5.91 Å². The number of hydrogen-bond donors (Lipinski definition) is 0. The van der Waals surface area contributed by atoms with Crippen LogP contribution in [-0.2, 0) is 13.2 Å². The summed E-state index contributed by atoms with van der Waals surface area (Å²) in [6.07, 6.45) is -4.20. The average Bonchev–Trinajstić information content (AvgIpc) is 2.90. The fourth-order valence-electron chi connectivity index (χ4n) is 3.06. The minimum Gasteiger partial charge on any atom is -0.338 e. The molecule has 10 heteroatoms. The molecule has 0 bridgehead atoms. The highest BCUT2D eigenvalue weighted by molar-refractivity contribution is 5.94. The number of halogens is 4. The topological polar surface area (TPSA) is 60.1 Å². The van der Waals surface area contributed by atoms with E-state index in [1.54, 1.807) is 6.07 Å². The standard InChI is InChI=1S/C16H16F4N4O2/c1-22-14(16(18,19)20)21-24(15(22)26)10-6-8-23(9-7-10)13(25)11-4-2-3-5-12(11)17/h2-5,10H,6-9H2,1H3. The van der Waals surface area contributed by atoms with Gasteiger partial charge in [0.15, 0.2) is 0 Å². The Morgan fingerprint density at radius 1 is 1.19 bits per heavy atom. The van der Waals surface area contributed by atoms with Crippen LogP contribution in [0.1, 0.15) is 35.1 Å². The van der Waals surface area contributed by atoms with E-state index in [9.17, 15) is 27.2 Å². The highest BCUT2D eigenvalue weighted by atomic mass is 19.4. The predicted molar refractivity (Wildman–Crippen MR) is 83.0 cm³/mol. The first-order chi connectivity index (χ1) is 12.2. The van der Waals surface area contributed by atoms with E-state index >= 15 is 0 Å². The van der Waals surface area contributed by atoms with Crippen LogP contribution in [0.5, 0.6) is 0 Å². The second-order valence-corrected chi connectivity index (χ2v) is 6.11. The number of aromatic nitrogens is 3. The van der Waals surface area contributed by atoms with Crippen molar-refractivity contribution in [2.45, 2.75) is 25.1 Å². The van der Waals surface area contributed by atoms with Crippen molar-refractivity contribution in [3.05, 3.63) is 52.0 Å². The zero-order valence-corrected chi connectivity index (χ0v) is 13.8. The highest BCUT2D eigenvalue weighted by Crippen LogP contribution is 2.28. The summed E-state index contributed by atoms with van der Waals surface area (Å²) in [5.41, 5.74) is -0.906. The molecule has 0 radical (unpaired) electrons. The second kappa shape index (κ2) is 6.58. The van der Waals surface area contributed by atoms with Crippen molar-refractivity contribution in [3.63, 3.8) is 0 Å². The minimum atomic E-state index is -4.72. The average molecular weight is 372 g/mol. The van der Waals surface area contributed by atoms with Gasteiger partial charge in [-0.1, -0.05) is 12.1 Å². The van der Waals surface area contributed by atoms with Gasteiger partial charge in [-0.3, -0.25) is 9.36 Å². The lowest BCUT2D eigenvalue weighted by molar-refractivity contribution is -0.147. The maximum absolute atomic E-state index is 13.7. The third-order valence-electron chi connectivity index (χ3n) is 4.46. The molecule has 6 nitrogen and oxygen atoms in total. The number of piperidine rings is 1. The summed E-state index contributed by atoms with van der Waals surface area (Å²) >= 11 is 0. The summed E-state index contributed by atoms with van der Waals surface area (Å²) in [4.78, 5) is 25.8. The Labute approximate surface area is 145 Å². The molecular formula is C16H16F4N4O2. The molecule has 26 heavy (non-hydrogen) atoms. The Morgan fingerprint density at radius 2 is 1.81 bits per heavy atom. The van der Waals surface area contributed by atoms with Crippen molar-refractivity contribution in [2.75, 3.05) is 13.1 Å². The summed E-state index contributed by atoms with van der Waals surface area (Å²) < 4.78 is 53.7. The number of alkyl halides is 3. The summed E-state index contributed by atoms with van der Waals surface area (Å²) in [7, 11) is 1.02. The summed E-state index contributed by atoms with van der Waals surface area (Å²) in [6, 6.07) is 5.04. The van der Waals surface area contributed by atoms with Crippen molar-refractivity contribution in [3.8, 4) is 0 Å². The van der Waals surface area contributed by atoms with Gasteiger partial charge in [0.05, 0.1) is 11.6 Å². The van der Waals surface area contributed by atoms with E-state index in [1.165, 1.54) is 23.1 Å². The lowest BCUT2D eigenvalue weighted by atomic mass is 10.0. The fourth-order valence-corrected chi connectivity index (χ4v) is 3.06. The Hall–Kier alpha value is -2.65. The number of rotatable bonds is 2. The molecule has 0 aliphatic carbocycles. The van der Waals surface area contributed by atoms with Crippen molar-refractivity contribution < 1.29 is 22.4 Å². The third-order valence-corrected chi connectivity index (χ3v) is 4.46. The van der Waals surface area contributed by atoms with Crippen molar-refractivity contribution >= 4 is 5.91 Å². The first kappa shape index (κ1) is 18.2. The van der Waals surface area contributed by atoms with Gasteiger partial charge in [0.2, 0.25) is 5.82 Å². The number of likely N-dealkylation sites (tertiary alicyclic amines) is 1. The van der Waals surface area contributed by atoms with Crippen LogP contribution in [-0.4, -0.2) is 38.2 Å². The number of nitrogens with zero attached hydrogens (tertiary/aromatic N) is 4. The molecule has 0 spiro atoms.